The number of hydrogen-bond acceptors (Lipinski definition) is 8. The molecule has 3 heterocycles. The Bertz CT molecular complexity index is 861. The Morgan fingerprint density at radius 2 is 2.07 bits per heavy atom. The van der Waals surface area contributed by atoms with Gasteiger partial charge in [-0.15, -0.1) is 0 Å². The second kappa shape index (κ2) is 8.32. The van der Waals surface area contributed by atoms with Crippen LogP contribution in [0.3, 0.4) is 0 Å². The van der Waals surface area contributed by atoms with Gasteiger partial charge in [0.05, 0.1) is 29.9 Å². The molecule has 2 saturated heterocycles. The molecule has 1 aromatic rings. The average molecular weight is 422 g/mol. The number of anilines is 1. The van der Waals surface area contributed by atoms with Gasteiger partial charge in [0.2, 0.25) is 11.8 Å². The minimum atomic E-state index is -1.19. The lowest BCUT2D eigenvalue weighted by atomic mass is 9.75. The van der Waals surface area contributed by atoms with Gasteiger partial charge in [-0.3, -0.25) is 14.2 Å². The normalized spacial score (nSPS) is 27.0. The zero-order valence-corrected chi connectivity index (χ0v) is 17.1. The van der Waals surface area contributed by atoms with Gasteiger partial charge in [-0.25, -0.2) is 4.79 Å². The topological polar surface area (TPSA) is 180 Å². The Kier molecular flexibility index (Phi) is 6.16. The molecule has 2 aliphatic heterocycles. The van der Waals surface area contributed by atoms with Crippen molar-refractivity contribution < 1.29 is 19.4 Å². The molecule has 0 aliphatic carbocycles. The van der Waals surface area contributed by atoms with Gasteiger partial charge >= 0.3 is 5.69 Å². The van der Waals surface area contributed by atoms with Crippen LogP contribution in [0.5, 0.6) is 0 Å². The molecule has 2 aliphatic rings. The van der Waals surface area contributed by atoms with Gasteiger partial charge in [0.15, 0.2) is 0 Å². The lowest BCUT2D eigenvalue weighted by Crippen LogP contribution is -2.59. The third-order valence-electron chi connectivity index (χ3n) is 6.19. The molecule has 166 valence electrons. The molecule has 3 rings (SSSR count). The number of likely N-dealkylation sites (tertiary alicyclic amines) is 1. The van der Waals surface area contributed by atoms with Crippen molar-refractivity contribution in [1.29, 1.82) is 0 Å². The van der Waals surface area contributed by atoms with Crippen LogP contribution in [0.15, 0.2) is 17.1 Å². The molecule has 0 saturated carbocycles. The lowest BCUT2D eigenvalue weighted by molar-refractivity contribution is -0.198. The smallest absolute Gasteiger partial charge is 0.349 e. The maximum absolute atomic E-state index is 12.4. The number of hydrogen-bond donors (Lipinski definition) is 4. The Labute approximate surface area is 174 Å². The van der Waals surface area contributed by atoms with Crippen LogP contribution < -0.4 is 22.9 Å². The van der Waals surface area contributed by atoms with Crippen LogP contribution in [0, 0.1) is 0 Å². The number of aliphatic hydroxyl groups is 1. The van der Waals surface area contributed by atoms with E-state index in [9.17, 15) is 19.5 Å². The number of piperidine rings is 1. The summed E-state index contributed by atoms with van der Waals surface area (Å²) in [5.74, 6) is -0.581. The number of nitrogens with two attached hydrogens (primary N) is 3. The van der Waals surface area contributed by atoms with E-state index in [1.54, 1.807) is 11.8 Å². The minimum Gasteiger partial charge on any atom is -0.388 e. The van der Waals surface area contributed by atoms with Crippen molar-refractivity contribution in [1.82, 2.24) is 14.5 Å². The molecule has 3 atom stereocenters. The number of carbonyl (C=O) groups excluding carboxylic acids is 2. The highest BCUT2D eigenvalue weighted by Crippen LogP contribution is 2.43. The van der Waals surface area contributed by atoms with Crippen LogP contribution in [0.4, 0.5) is 5.82 Å². The van der Waals surface area contributed by atoms with E-state index in [0.717, 1.165) is 0 Å². The first-order valence-corrected chi connectivity index (χ1v) is 10.1. The highest BCUT2D eigenvalue weighted by molar-refractivity contribution is 5.81. The molecule has 0 bridgehead atoms. The summed E-state index contributed by atoms with van der Waals surface area (Å²) >= 11 is 0. The zero-order valence-electron chi connectivity index (χ0n) is 17.1. The summed E-state index contributed by atoms with van der Waals surface area (Å²) in [7, 11) is 0. The first-order chi connectivity index (χ1) is 14.0. The fourth-order valence-corrected chi connectivity index (χ4v) is 4.36. The predicted molar refractivity (Wildman–Crippen MR) is 108 cm³/mol. The van der Waals surface area contributed by atoms with Gasteiger partial charge in [0, 0.05) is 32.1 Å². The molecule has 2 amide bonds. The number of primary amides is 1. The van der Waals surface area contributed by atoms with Gasteiger partial charge < -0.3 is 31.9 Å². The molecule has 0 radical (unpaired) electrons. The standard InChI is InChI=1S/C19H30N6O5/c1-18(29)11-19(30-10-13(18)25-7-4-14(21)23-17(25)28)5-8-24(9-6-19)15(26)3-2-12(20)16(22)27/h4,7,12-13,29H,2-3,5-6,8-11,20H2,1H3,(H2,22,27)(H2,21,23,28)/t12-,13+,18+/m0/s1. The van der Waals surface area contributed by atoms with Crippen molar-refractivity contribution in [2.45, 2.75) is 62.3 Å². The largest absolute Gasteiger partial charge is 0.388 e. The van der Waals surface area contributed by atoms with Gasteiger partial charge in [-0.1, -0.05) is 0 Å². The maximum Gasteiger partial charge on any atom is 0.349 e. The molecule has 2 fully saturated rings. The fourth-order valence-electron chi connectivity index (χ4n) is 4.36. The quantitative estimate of drug-likeness (QED) is 0.442. The van der Waals surface area contributed by atoms with Gasteiger partial charge in [-0.2, -0.15) is 4.98 Å². The third kappa shape index (κ3) is 4.63. The second-order valence-corrected chi connectivity index (χ2v) is 8.51. The summed E-state index contributed by atoms with van der Waals surface area (Å²) in [6, 6.07) is 0.0968. The highest BCUT2D eigenvalue weighted by Gasteiger charge is 2.50. The second-order valence-electron chi connectivity index (χ2n) is 8.51. The molecule has 11 heteroatoms. The molecular formula is C19H30N6O5. The van der Waals surface area contributed by atoms with E-state index in [-0.39, 0.29) is 31.2 Å². The van der Waals surface area contributed by atoms with Crippen LogP contribution in [0.25, 0.3) is 0 Å². The number of carbonyl (C=O) groups is 2. The third-order valence-corrected chi connectivity index (χ3v) is 6.19. The molecule has 30 heavy (non-hydrogen) atoms. The number of amides is 2. The molecule has 0 aromatic carbocycles. The molecule has 1 aromatic heterocycles. The first kappa shape index (κ1) is 22.2. The first-order valence-electron chi connectivity index (χ1n) is 10.1. The van der Waals surface area contributed by atoms with E-state index in [1.165, 1.54) is 16.8 Å². The molecule has 11 nitrogen and oxygen atoms in total. The minimum absolute atomic E-state index is 0.0819. The van der Waals surface area contributed by atoms with Gasteiger partial charge in [0.25, 0.3) is 0 Å². The van der Waals surface area contributed by atoms with Crippen LogP contribution in [0.1, 0.15) is 45.1 Å². The Hall–Kier alpha value is -2.50. The molecule has 1 spiro atoms. The van der Waals surface area contributed by atoms with Crippen molar-refractivity contribution in [3.05, 3.63) is 22.7 Å². The molecule has 7 N–H and O–H groups in total. The van der Waals surface area contributed by atoms with E-state index in [0.29, 0.717) is 32.4 Å². The van der Waals surface area contributed by atoms with Gasteiger partial charge in [-0.05, 0) is 32.3 Å². The van der Waals surface area contributed by atoms with Crippen LogP contribution >= 0.6 is 0 Å². The predicted octanol–water partition coefficient (Wildman–Crippen LogP) is -1.51. The SMILES string of the molecule is C[C@@]1(O)CC2(CCN(C(=O)CC[C@H](N)C(N)=O)CC2)OC[C@H]1n1ccc(N)nc1=O. The molecule has 0 unspecified atom stereocenters. The van der Waals surface area contributed by atoms with Crippen molar-refractivity contribution in [2.75, 3.05) is 25.4 Å². The number of nitrogens with zero attached hydrogens (tertiary/aromatic N) is 3. The summed E-state index contributed by atoms with van der Waals surface area (Å²) < 4.78 is 7.51. The Morgan fingerprint density at radius 3 is 2.63 bits per heavy atom. The average Bonchev–Trinajstić information content (AvgIpc) is 2.66. The van der Waals surface area contributed by atoms with Crippen molar-refractivity contribution >= 4 is 17.6 Å². The number of aromatic nitrogens is 2. The Balaban J connectivity index is 1.60. The summed E-state index contributed by atoms with van der Waals surface area (Å²) in [4.78, 5) is 41.0. The summed E-state index contributed by atoms with van der Waals surface area (Å²) in [5.41, 5.74) is 14.0. The van der Waals surface area contributed by atoms with Crippen molar-refractivity contribution in [3.8, 4) is 0 Å². The van der Waals surface area contributed by atoms with Crippen LogP contribution in [0.2, 0.25) is 0 Å². The number of ether oxygens (including phenoxy) is 1. The Morgan fingerprint density at radius 1 is 1.40 bits per heavy atom. The monoisotopic (exact) mass is 422 g/mol. The maximum atomic E-state index is 12.4. The number of nitrogen functional groups attached to an aromatic ring is 1. The van der Waals surface area contributed by atoms with Crippen molar-refractivity contribution in [3.63, 3.8) is 0 Å². The highest BCUT2D eigenvalue weighted by atomic mass is 16.5. The van der Waals surface area contributed by atoms with E-state index in [2.05, 4.69) is 4.98 Å². The van der Waals surface area contributed by atoms with Gasteiger partial charge in [0.1, 0.15) is 5.82 Å². The van der Waals surface area contributed by atoms with E-state index >= 15 is 0 Å². The zero-order chi connectivity index (χ0) is 22.1. The summed E-state index contributed by atoms with van der Waals surface area (Å²) in [5, 5.41) is 11.1. The van der Waals surface area contributed by atoms with E-state index in [1.807, 2.05) is 0 Å². The molecular weight excluding hydrogens is 392 g/mol. The van der Waals surface area contributed by atoms with E-state index < -0.39 is 34.9 Å². The van der Waals surface area contributed by atoms with E-state index in [4.69, 9.17) is 21.9 Å². The van der Waals surface area contributed by atoms with Crippen molar-refractivity contribution in [2.24, 2.45) is 11.5 Å². The fraction of sp³-hybridized carbons (Fsp3) is 0.684. The summed E-state index contributed by atoms with van der Waals surface area (Å²) in [6.07, 6.45) is 3.36. The van der Waals surface area contributed by atoms with Crippen LogP contribution in [-0.2, 0) is 14.3 Å². The summed E-state index contributed by atoms with van der Waals surface area (Å²) in [6.45, 7) is 2.80. The van der Waals surface area contributed by atoms with Crippen LogP contribution in [-0.4, -0.2) is 68.3 Å². The number of rotatable bonds is 5. The lowest BCUT2D eigenvalue weighted by Gasteiger charge is -2.51.